The molecule has 2 aromatic rings. The van der Waals surface area contributed by atoms with Gasteiger partial charge in [0.25, 0.3) is 0 Å². The van der Waals surface area contributed by atoms with Crippen molar-refractivity contribution in [2.75, 3.05) is 5.32 Å². The summed E-state index contributed by atoms with van der Waals surface area (Å²) in [4.78, 5) is 18.3. The van der Waals surface area contributed by atoms with E-state index in [-0.39, 0.29) is 5.91 Å². The van der Waals surface area contributed by atoms with Gasteiger partial charge in [-0.05, 0) is 56.7 Å². The smallest absolute Gasteiger partial charge is 0.224 e. The summed E-state index contributed by atoms with van der Waals surface area (Å²) in [5.41, 5.74) is 4.54. The maximum atomic E-state index is 12.2. The number of rotatable bonds is 4. The number of thiazole rings is 1. The normalized spacial score (nSPS) is 13.7. The van der Waals surface area contributed by atoms with Gasteiger partial charge in [-0.1, -0.05) is 12.1 Å². The van der Waals surface area contributed by atoms with E-state index < -0.39 is 0 Å². The number of carbonyl (C=O) groups excluding carboxylic acids is 1. The van der Waals surface area contributed by atoms with E-state index >= 15 is 0 Å². The van der Waals surface area contributed by atoms with Gasteiger partial charge in [0.1, 0.15) is 0 Å². The predicted molar refractivity (Wildman–Crippen MR) is 91.6 cm³/mol. The largest absolute Gasteiger partial charge is 0.326 e. The van der Waals surface area contributed by atoms with Gasteiger partial charge in [0, 0.05) is 23.4 Å². The van der Waals surface area contributed by atoms with Crippen LogP contribution >= 0.6 is 11.3 Å². The minimum atomic E-state index is 0.0712. The van der Waals surface area contributed by atoms with Gasteiger partial charge in [0.05, 0.1) is 10.7 Å². The van der Waals surface area contributed by atoms with Gasteiger partial charge in [-0.3, -0.25) is 4.79 Å². The molecule has 0 saturated carbocycles. The highest BCUT2D eigenvalue weighted by Gasteiger charge is 2.15. The molecule has 3 rings (SSSR count). The second-order valence-corrected chi connectivity index (χ2v) is 7.15. The zero-order chi connectivity index (χ0) is 15.5. The molecule has 1 heterocycles. The number of aryl methyl sites for hydroxylation is 4. The molecule has 0 atom stereocenters. The minimum Gasteiger partial charge on any atom is -0.326 e. The summed E-state index contributed by atoms with van der Waals surface area (Å²) < 4.78 is 0. The van der Waals surface area contributed by atoms with Crippen molar-refractivity contribution in [1.82, 2.24) is 4.98 Å². The van der Waals surface area contributed by atoms with Crippen LogP contribution in [0.3, 0.4) is 0 Å². The van der Waals surface area contributed by atoms with E-state index in [2.05, 4.69) is 18.3 Å². The van der Waals surface area contributed by atoms with Crippen LogP contribution in [0.5, 0.6) is 0 Å². The Morgan fingerprint density at radius 2 is 2.09 bits per heavy atom. The second-order valence-electron chi connectivity index (χ2n) is 5.98. The van der Waals surface area contributed by atoms with Crippen molar-refractivity contribution < 1.29 is 4.79 Å². The second kappa shape index (κ2) is 6.61. The first-order valence-electron chi connectivity index (χ1n) is 7.97. The molecule has 1 aliphatic rings. The first-order valence-corrected chi connectivity index (χ1v) is 8.78. The van der Waals surface area contributed by atoms with Crippen LogP contribution in [0.2, 0.25) is 0 Å². The summed E-state index contributed by atoms with van der Waals surface area (Å²) in [5, 5.41) is 4.13. The summed E-state index contributed by atoms with van der Waals surface area (Å²) in [6.45, 7) is 4.10. The number of hydrogen-bond acceptors (Lipinski definition) is 3. The fraction of sp³-hybridized carbons (Fsp3) is 0.444. The number of amides is 1. The highest BCUT2D eigenvalue weighted by atomic mass is 32.1. The van der Waals surface area contributed by atoms with Gasteiger partial charge in [-0.15, -0.1) is 11.3 Å². The topological polar surface area (TPSA) is 42.0 Å². The molecular weight excluding hydrogens is 292 g/mol. The highest BCUT2D eigenvalue weighted by Crippen LogP contribution is 2.27. The van der Waals surface area contributed by atoms with Crippen LogP contribution in [-0.4, -0.2) is 10.9 Å². The monoisotopic (exact) mass is 314 g/mol. The van der Waals surface area contributed by atoms with Crippen LogP contribution < -0.4 is 5.32 Å². The molecule has 1 N–H and O–H groups in total. The van der Waals surface area contributed by atoms with Crippen LogP contribution in [-0.2, 0) is 24.1 Å². The number of hydrogen-bond donors (Lipinski definition) is 1. The Labute approximate surface area is 135 Å². The molecule has 22 heavy (non-hydrogen) atoms. The third-order valence-corrected chi connectivity index (χ3v) is 5.55. The van der Waals surface area contributed by atoms with Gasteiger partial charge in [-0.2, -0.15) is 0 Å². The lowest BCUT2D eigenvalue weighted by molar-refractivity contribution is -0.116. The Kier molecular flexibility index (Phi) is 4.57. The molecule has 3 nitrogen and oxygen atoms in total. The number of aromatic nitrogens is 1. The Morgan fingerprint density at radius 3 is 2.91 bits per heavy atom. The average Bonchev–Trinajstić information content (AvgIpc) is 2.93. The zero-order valence-electron chi connectivity index (χ0n) is 13.2. The Bertz CT molecular complexity index is 667. The van der Waals surface area contributed by atoms with Gasteiger partial charge >= 0.3 is 0 Å². The summed E-state index contributed by atoms with van der Waals surface area (Å²) >= 11 is 1.80. The van der Waals surface area contributed by atoms with Crippen molar-refractivity contribution in [3.63, 3.8) is 0 Å². The van der Waals surface area contributed by atoms with Gasteiger partial charge in [0.2, 0.25) is 5.91 Å². The SMILES string of the molecule is Cc1cccc(NC(=O)CCc2nc3c(s2)CCCC3)c1C. The van der Waals surface area contributed by atoms with E-state index in [0.717, 1.165) is 29.1 Å². The number of nitrogens with one attached hydrogen (secondary N) is 1. The third-order valence-electron chi connectivity index (χ3n) is 4.33. The molecule has 0 radical (unpaired) electrons. The Hall–Kier alpha value is -1.68. The van der Waals surface area contributed by atoms with Crippen molar-refractivity contribution >= 4 is 22.9 Å². The third kappa shape index (κ3) is 3.38. The average molecular weight is 314 g/mol. The van der Waals surface area contributed by atoms with Crippen LogP contribution in [0.15, 0.2) is 18.2 Å². The number of benzene rings is 1. The molecule has 116 valence electrons. The number of carbonyl (C=O) groups is 1. The molecule has 1 aromatic carbocycles. The first kappa shape index (κ1) is 15.2. The number of fused-ring (bicyclic) bond motifs is 1. The standard InChI is InChI=1S/C18H22N2OS/c1-12-6-5-8-14(13(12)2)19-17(21)10-11-18-20-15-7-3-4-9-16(15)22-18/h5-6,8H,3-4,7,9-11H2,1-2H3,(H,19,21). The molecule has 1 aromatic heterocycles. The molecular formula is C18H22N2OS. The van der Waals surface area contributed by atoms with Gasteiger partial charge in [-0.25, -0.2) is 4.98 Å². The van der Waals surface area contributed by atoms with Crippen LogP contribution in [0.25, 0.3) is 0 Å². The lowest BCUT2D eigenvalue weighted by atomic mass is 10.0. The first-order chi connectivity index (χ1) is 10.6. The summed E-state index contributed by atoms with van der Waals surface area (Å²) in [5.74, 6) is 0.0712. The van der Waals surface area contributed by atoms with E-state index in [4.69, 9.17) is 4.98 Å². The molecule has 1 aliphatic carbocycles. The fourth-order valence-electron chi connectivity index (χ4n) is 2.83. The Morgan fingerprint density at radius 1 is 1.27 bits per heavy atom. The lowest BCUT2D eigenvalue weighted by Crippen LogP contribution is -2.13. The van der Waals surface area contributed by atoms with Crippen molar-refractivity contribution in [3.05, 3.63) is 44.9 Å². The molecule has 0 bridgehead atoms. The highest BCUT2D eigenvalue weighted by molar-refractivity contribution is 7.11. The number of nitrogens with zero attached hydrogens (tertiary/aromatic N) is 1. The zero-order valence-corrected chi connectivity index (χ0v) is 14.1. The van der Waals surface area contributed by atoms with Crippen molar-refractivity contribution in [2.24, 2.45) is 0 Å². The quantitative estimate of drug-likeness (QED) is 0.918. The summed E-state index contributed by atoms with van der Waals surface area (Å²) in [7, 11) is 0. The van der Waals surface area contributed by atoms with Crippen molar-refractivity contribution in [1.29, 1.82) is 0 Å². The van der Waals surface area contributed by atoms with E-state index in [9.17, 15) is 4.79 Å². The molecule has 0 spiro atoms. The maximum Gasteiger partial charge on any atom is 0.224 e. The van der Waals surface area contributed by atoms with Gasteiger partial charge in [0.15, 0.2) is 0 Å². The van der Waals surface area contributed by atoms with Crippen molar-refractivity contribution in [2.45, 2.75) is 52.4 Å². The number of anilines is 1. The molecule has 1 amide bonds. The minimum absolute atomic E-state index is 0.0712. The summed E-state index contributed by atoms with van der Waals surface area (Å²) in [6.07, 6.45) is 6.06. The molecule has 4 heteroatoms. The van der Waals surface area contributed by atoms with Crippen LogP contribution in [0, 0.1) is 13.8 Å². The van der Waals surface area contributed by atoms with E-state index in [0.29, 0.717) is 6.42 Å². The summed E-state index contributed by atoms with van der Waals surface area (Å²) in [6, 6.07) is 6.00. The molecule has 0 fully saturated rings. The Balaban J connectivity index is 1.58. The van der Waals surface area contributed by atoms with Crippen molar-refractivity contribution in [3.8, 4) is 0 Å². The van der Waals surface area contributed by atoms with Crippen LogP contribution in [0.1, 0.15) is 46.0 Å². The molecule has 0 saturated heterocycles. The fourth-order valence-corrected chi connectivity index (χ4v) is 3.99. The predicted octanol–water partition coefficient (Wildman–Crippen LogP) is 4.21. The van der Waals surface area contributed by atoms with Crippen LogP contribution in [0.4, 0.5) is 5.69 Å². The van der Waals surface area contributed by atoms with E-state index in [1.54, 1.807) is 11.3 Å². The van der Waals surface area contributed by atoms with E-state index in [1.165, 1.54) is 35.4 Å². The molecule has 0 aliphatic heterocycles. The molecule has 0 unspecified atom stereocenters. The van der Waals surface area contributed by atoms with Gasteiger partial charge < -0.3 is 5.32 Å². The lowest BCUT2D eigenvalue weighted by Gasteiger charge is -2.09. The van der Waals surface area contributed by atoms with E-state index in [1.807, 2.05) is 19.1 Å². The maximum absolute atomic E-state index is 12.2.